The lowest BCUT2D eigenvalue weighted by Crippen LogP contribution is -2.02. The molecule has 1 aromatic rings. The summed E-state index contributed by atoms with van der Waals surface area (Å²) in [5.41, 5.74) is -0.0740. The molecular weight excluding hydrogens is 297 g/mol. The fourth-order valence-corrected chi connectivity index (χ4v) is 2.54. The summed E-state index contributed by atoms with van der Waals surface area (Å²) in [5.74, 6) is 0.194. The highest BCUT2D eigenvalue weighted by atomic mass is 31.2. The molecule has 0 spiro atoms. The summed E-state index contributed by atoms with van der Waals surface area (Å²) in [4.78, 5) is 10.0. The van der Waals surface area contributed by atoms with Crippen LogP contribution in [-0.4, -0.2) is 18.6 Å². The molecule has 0 N–H and O–H groups in total. The molecule has 0 saturated carbocycles. The second-order valence-electron chi connectivity index (χ2n) is 4.37. The molecule has 1 rings (SSSR count). The summed E-state index contributed by atoms with van der Waals surface area (Å²) in [7, 11) is -2.45. The number of unbranched alkanes of at least 4 members (excludes halogenated alkanes) is 3. The minimum Gasteiger partial charge on any atom is -0.404 e. The lowest BCUT2D eigenvalue weighted by molar-refractivity contribution is -0.384. The van der Waals surface area contributed by atoms with Crippen LogP contribution in [0.1, 0.15) is 32.6 Å². The summed E-state index contributed by atoms with van der Waals surface area (Å²) in [6.45, 7) is 2.37. The number of benzene rings is 1. The molecule has 118 valence electrons. The van der Waals surface area contributed by atoms with Crippen LogP contribution in [0.5, 0.6) is 5.75 Å². The third-order valence-electron chi connectivity index (χ3n) is 2.74. The zero-order valence-corrected chi connectivity index (χ0v) is 13.1. The number of non-ortho nitro benzene ring substituents is 1. The Labute approximate surface area is 124 Å². The van der Waals surface area contributed by atoms with Crippen molar-refractivity contribution in [3.63, 3.8) is 0 Å². The fourth-order valence-electron chi connectivity index (χ4n) is 1.58. The van der Waals surface area contributed by atoms with E-state index in [1.807, 2.05) is 0 Å². The summed E-state index contributed by atoms with van der Waals surface area (Å²) >= 11 is 0. The Hall–Kier alpha value is -1.43. The number of phosphoric acid groups is 1. The first-order valence-electron chi connectivity index (χ1n) is 6.75. The van der Waals surface area contributed by atoms with Crippen LogP contribution in [0.15, 0.2) is 24.3 Å². The van der Waals surface area contributed by atoms with Crippen molar-refractivity contribution in [3.05, 3.63) is 34.4 Å². The molecule has 0 amide bonds. The molecule has 8 heteroatoms. The molecule has 1 atom stereocenters. The van der Waals surface area contributed by atoms with Crippen molar-refractivity contribution in [1.82, 2.24) is 0 Å². The van der Waals surface area contributed by atoms with Gasteiger partial charge in [-0.15, -0.1) is 0 Å². The largest absolute Gasteiger partial charge is 0.529 e. The Balaban J connectivity index is 2.55. The van der Waals surface area contributed by atoms with Gasteiger partial charge in [0, 0.05) is 19.2 Å². The summed E-state index contributed by atoms with van der Waals surface area (Å²) in [6.07, 6.45) is 3.94. The van der Waals surface area contributed by atoms with Gasteiger partial charge in [-0.25, -0.2) is 4.57 Å². The highest BCUT2D eigenvalue weighted by Crippen LogP contribution is 2.48. The van der Waals surface area contributed by atoms with E-state index in [0.717, 1.165) is 25.7 Å². The molecule has 0 radical (unpaired) electrons. The molecular formula is C13H20NO6P. The van der Waals surface area contributed by atoms with Crippen LogP contribution in [0.3, 0.4) is 0 Å². The average molecular weight is 317 g/mol. The van der Waals surface area contributed by atoms with Gasteiger partial charge in [-0.05, 0) is 18.6 Å². The van der Waals surface area contributed by atoms with Gasteiger partial charge in [-0.1, -0.05) is 26.2 Å². The van der Waals surface area contributed by atoms with Crippen LogP contribution < -0.4 is 4.52 Å². The van der Waals surface area contributed by atoms with Crippen LogP contribution in [0, 0.1) is 10.1 Å². The molecule has 0 aliphatic heterocycles. The second-order valence-corrected chi connectivity index (χ2v) is 6.07. The molecule has 0 aliphatic rings. The molecule has 0 aromatic heterocycles. The molecule has 0 saturated heterocycles. The first-order valence-corrected chi connectivity index (χ1v) is 8.21. The van der Waals surface area contributed by atoms with Gasteiger partial charge in [0.25, 0.3) is 5.69 Å². The topological polar surface area (TPSA) is 87.9 Å². The van der Waals surface area contributed by atoms with Crippen molar-refractivity contribution >= 4 is 13.5 Å². The molecule has 7 nitrogen and oxygen atoms in total. The number of rotatable bonds is 10. The van der Waals surface area contributed by atoms with Crippen molar-refractivity contribution in [3.8, 4) is 5.75 Å². The van der Waals surface area contributed by atoms with Crippen LogP contribution in [0.2, 0.25) is 0 Å². The van der Waals surface area contributed by atoms with E-state index in [0.29, 0.717) is 0 Å². The SMILES string of the molecule is CCCCCCOP(=O)(OC)Oc1ccc([N+](=O)[O-])cc1. The average Bonchev–Trinajstić information content (AvgIpc) is 2.47. The number of hydrogen-bond acceptors (Lipinski definition) is 6. The quantitative estimate of drug-likeness (QED) is 0.276. The Morgan fingerprint density at radius 3 is 2.38 bits per heavy atom. The minimum absolute atomic E-state index is 0.0740. The number of nitro groups is 1. The van der Waals surface area contributed by atoms with E-state index in [-0.39, 0.29) is 18.0 Å². The molecule has 1 aromatic carbocycles. The van der Waals surface area contributed by atoms with Crippen LogP contribution in [-0.2, 0) is 13.6 Å². The highest BCUT2D eigenvalue weighted by Gasteiger charge is 2.26. The van der Waals surface area contributed by atoms with Crippen molar-refractivity contribution in [1.29, 1.82) is 0 Å². The molecule has 21 heavy (non-hydrogen) atoms. The van der Waals surface area contributed by atoms with Gasteiger partial charge in [0.2, 0.25) is 0 Å². The maximum Gasteiger partial charge on any atom is 0.529 e. The predicted molar refractivity (Wildman–Crippen MR) is 78.4 cm³/mol. The van der Waals surface area contributed by atoms with Gasteiger partial charge in [-0.2, -0.15) is 0 Å². The highest BCUT2D eigenvalue weighted by molar-refractivity contribution is 7.48. The Morgan fingerprint density at radius 1 is 1.19 bits per heavy atom. The molecule has 0 aliphatic carbocycles. The monoisotopic (exact) mass is 317 g/mol. The number of hydrogen-bond donors (Lipinski definition) is 0. The van der Waals surface area contributed by atoms with Gasteiger partial charge >= 0.3 is 7.82 Å². The number of nitro benzene ring substituents is 1. The zero-order valence-electron chi connectivity index (χ0n) is 12.2. The van der Waals surface area contributed by atoms with E-state index in [9.17, 15) is 14.7 Å². The van der Waals surface area contributed by atoms with Crippen molar-refractivity contribution in [2.45, 2.75) is 32.6 Å². The normalized spacial score (nSPS) is 13.6. The maximum atomic E-state index is 12.2. The fraction of sp³-hybridized carbons (Fsp3) is 0.538. The summed E-state index contributed by atoms with van der Waals surface area (Å²) in [6, 6.07) is 5.22. The van der Waals surface area contributed by atoms with Crippen LogP contribution in [0.4, 0.5) is 5.69 Å². The van der Waals surface area contributed by atoms with Gasteiger partial charge in [0.05, 0.1) is 11.5 Å². The molecule has 1 unspecified atom stereocenters. The third-order valence-corrected chi connectivity index (χ3v) is 4.12. The summed E-state index contributed by atoms with van der Waals surface area (Å²) in [5, 5.41) is 10.5. The van der Waals surface area contributed by atoms with E-state index < -0.39 is 12.7 Å². The maximum absolute atomic E-state index is 12.2. The minimum atomic E-state index is -3.68. The Bertz CT molecular complexity index is 490. The zero-order chi connectivity index (χ0) is 15.7. The van der Waals surface area contributed by atoms with Gasteiger partial charge in [0.15, 0.2) is 0 Å². The third kappa shape index (κ3) is 6.25. The van der Waals surface area contributed by atoms with Gasteiger partial charge in [-0.3, -0.25) is 19.2 Å². The second kappa shape index (κ2) is 8.77. The van der Waals surface area contributed by atoms with Crippen molar-refractivity contribution in [2.24, 2.45) is 0 Å². The smallest absolute Gasteiger partial charge is 0.404 e. The molecule has 0 bridgehead atoms. The Morgan fingerprint density at radius 2 is 1.86 bits per heavy atom. The summed E-state index contributed by atoms with van der Waals surface area (Å²) < 4.78 is 27.4. The first kappa shape index (κ1) is 17.6. The standard InChI is InChI=1S/C13H20NO6P/c1-3-4-5-6-11-19-21(17,18-2)20-13-9-7-12(8-10-13)14(15)16/h7-10H,3-6,11H2,1-2H3. The lowest BCUT2D eigenvalue weighted by atomic mass is 10.2. The van der Waals surface area contributed by atoms with E-state index in [2.05, 4.69) is 6.92 Å². The molecule has 0 fully saturated rings. The van der Waals surface area contributed by atoms with E-state index in [1.54, 1.807) is 0 Å². The van der Waals surface area contributed by atoms with Crippen molar-refractivity contribution in [2.75, 3.05) is 13.7 Å². The number of phosphoric ester groups is 1. The first-order chi connectivity index (χ1) is 10.0. The van der Waals surface area contributed by atoms with Gasteiger partial charge in [0.1, 0.15) is 5.75 Å². The lowest BCUT2D eigenvalue weighted by Gasteiger charge is -2.16. The van der Waals surface area contributed by atoms with Crippen LogP contribution in [0.25, 0.3) is 0 Å². The van der Waals surface area contributed by atoms with Gasteiger partial charge < -0.3 is 4.52 Å². The Kier molecular flexibility index (Phi) is 7.36. The molecule has 0 heterocycles. The predicted octanol–water partition coefficient (Wildman–Crippen LogP) is 4.33. The van der Waals surface area contributed by atoms with Crippen molar-refractivity contribution < 1.29 is 23.1 Å². The van der Waals surface area contributed by atoms with Crippen LogP contribution >= 0.6 is 7.82 Å². The van der Waals surface area contributed by atoms with E-state index in [1.165, 1.54) is 31.4 Å². The number of nitrogens with zero attached hydrogens (tertiary/aromatic N) is 1. The van der Waals surface area contributed by atoms with E-state index >= 15 is 0 Å². The van der Waals surface area contributed by atoms with E-state index in [4.69, 9.17) is 13.6 Å².